The summed E-state index contributed by atoms with van der Waals surface area (Å²) in [7, 11) is 0. The van der Waals surface area contributed by atoms with Gasteiger partial charge in [-0.2, -0.15) is 0 Å². The number of anilines is 1. The Hall–Kier alpha value is -2.69. The highest BCUT2D eigenvalue weighted by Crippen LogP contribution is 2.29. The molecule has 5 heteroatoms. The number of hydrogen-bond donors (Lipinski definition) is 2. The Bertz CT molecular complexity index is 794. The summed E-state index contributed by atoms with van der Waals surface area (Å²) in [6.07, 6.45) is 6.08. The van der Waals surface area contributed by atoms with Crippen molar-refractivity contribution in [1.29, 1.82) is 0 Å². The van der Waals surface area contributed by atoms with Crippen molar-refractivity contribution in [3.05, 3.63) is 59.4 Å². The molecule has 0 unspecified atom stereocenters. The van der Waals surface area contributed by atoms with Crippen LogP contribution in [0.5, 0.6) is 0 Å². The van der Waals surface area contributed by atoms with Gasteiger partial charge in [0.15, 0.2) is 0 Å². The predicted molar refractivity (Wildman–Crippen MR) is 109 cm³/mol. The van der Waals surface area contributed by atoms with Crippen molar-refractivity contribution in [1.82, 2.24) is 10.3 Å². The first-order chi connectivity index (χ1) is 12.8. The van der Waals surface area contributed by atoms with Crippen LogP contribution in [0.15, 0.2) is 42.7 Å². The fourth-order valence-corrected chi connectivity index (χ4v) is 2.81. The highest BCUT2D eigenvalue weighted by Gasteiger charge is 2.19. The van der Waals surface area contributed by atoms with E-state index in [1.54, 1.807) is 6.07 Å². The molecule has 0 saturated heterocycles. The Labute approximate surface area is 161 Å². The average Bonchev–Trinajstić information content (AvgIpc) is 2.64. The Morgan fingerprint density at radius 1 is 1.00 bits per heavy atom. The number of amides is 2. The topological polar surface area (TPSA) is 71.1 Å². The molecule has 0 aliphatic carbocycles. The minimum absolute atomic E-state index is 0.0949. The number of rotatable bonds is 7. The monoisotopic (exact) mass is 367 g/mol. The van der Waals surface area contributed by atoms with Gasteiger partial charge >= 0.3 is 0 Å². The Balaban J connectivity index is 2.11. The van der Waals surface area contributed by atoms with Gasteiger partial charge in [-0.25, -0.2) is 0 Å². The SMILES string of the molecule is CCCCCNC(=O)c1cncc(C(=O)Nc2ccccc2C(C)(C)C)c1. The third kappa shape index (κ3) is 5.91. The maximum absolute atomic E-state index is 12.7. The van der Waals surface area contributed by atoms with E-state index in [-0.39, 0.29) is 17.2 Å². The van der Waals surface area contributed by atoms with E-state index in [0.29, 0.717) is 17.7 Å². The lowest BCUT2D eigenvalue weighted by molar-refractivity contribution is 0.0952. The van der Waals surface area contributed by atoms with Crippen LogP contribution in [-0.2, 0) is 5.41 Å². The summed E-state index contributed by atoms with van der Waals surface area (Å²) in [5, 5.41) is 5.82. The lowest BCUT2D eigenvalue weighted by atomic mass is 9.86. The molecule has 2 aromatic rings. The molecule has 0 radical (unpaired) electrons. The third-order valence-electron chi connectivity index (χ3n) is 4.31. The molecule has 2 rings (SSSR count). The molecule has 0 saturated carbocycles. The lowest BCUT2D eigenvalue weighted by Crippen LogP contribution is -2.25. The van der Waals surface area contributed by atoms with Gasteiger partial charge in [-0.1, -0.05) is 58.7 Å². The van der Waals surface area contributed by atoms with Crippen LogP contribution in [0.2, 0.25) is 0 Å². The van der Waals surface area contributed by atoms with Crippen LogP contribution in [0.3, 0.4) is 0 Å². The fraction of sp³-hybridized carbons (Fsp3) is 0.409. The average molecular weight is 367 g/mol. The van der Waals surface area contributed by atoms with Gasteiger partial charge in [-0.15, -0.1) is 0 Å². The number of nitrogens with one attached hydrogen (secondary N) is 2. The van der Waals surface area contributed by atoms with Gasteiger partial charge < -0.3 is 10.6 Å². The Morgan fingerprint density at radius 2 is 1.67 bits per heavy atom. The van der Waals surface area contributed by atoms with E-state index in [1.807, 2.05) is 24.3 Å². The first-order valence-corrected chi connectivity index (χ1v) is 9.47. The molecule has 1 aromatic carbocycles. The highest BCUT2D eigenvalue weighted by atomic mass is 16.2. The smallest absolute Gasteiger partial charge is 0.257 e. The second kappa shape index (κ2) is 9.31. The number of pyridine rings is 1. The zero-order valence-electron chi connectivity index (χ0n) is 16.6. The molecule has 0 bridgehead atoms. The number of carbonyl (C=O) groups is 2. The van der Waals surface area contributed by atoms with Crippen LogP contribution in [-0.4, -0.2) is 23.3 Å². The summed E-state index contributed by atoms with van der Waals surface area (Å²) in [6, 6.07) is 9.33. The molecule has 27 heavy (non-hydrogen) atoms. The Kier molecular flexibility index (Phi) is 7.11. The molecule has 5 nitrogen and oxygen atoms in total. The number of carbonyl (C=O) groups excluding carboxylic acids is 2. The van der Waals surface area contributed by atoms with E-state index in [4.69, 9.17) is 0 Å². The quantitative estimate of drug-likeness (QED) is 0.705. The van der Waals surface area contributed by atoms with Gasteiger partial charge in [-0.05, 0) is 29.5 Å². The molecule has 2 N–H and O–H groups in total. The van der Waals surface area contributed by atoms with Crippen molar-refractivity contribution in [2.45, 2.75) is 52.4 Å². The van der Waals surface area contributed by atoms with Crippen molar-refractivity contribution < 1.29 is 9.59 Å². The van der Waals surface area contributed by atoms with Crippen LogP contribution in [0, 0.1) is 0 Å². The van der Waals surface area contributed by atoms with Crippen molar-refractivity contribution in [3.8, 4) is 0 Å². The minimum Gasteiger partial charge on any atom is -0.352 e. The summed E-state index contributed by atoms with van der Waals surface area (Å²) in [5.41, 5.74) is 2.48. The molecule has 1 aromatic heterocycles. The van der Waals surface area contributed by atoms with Crippen LogP contribution in [0.4, 0.5) is 5.69 Å². The molecule has 2 amide bonds. The number of aromatic nitrogens is 1. The molecule has 1 heterocycles. The summed E-state index contributed by atoms with van der Waals surface area (Å²) in [4.78, 5) is 29.0. The van der Waals surface area contributed by atoms with E-state index >= 15 is 0 Å². The summed E-state index contributed by atoms with van der Waals surface area (Å²) in [5.74, 6) is -0.483. The zero-order chi connectivity index (χ0) is 19.9. The van der Waals surface area contributed by atoms with Gasteiger partial charge in [0.25, 0.3) is 11.8 Å². The second-order valence-electron chi connectivity index (χ2n) is 7.68. The van der Waals surface area contributed by atoms with Gasteiger partial charge in [0.2, 0.25) is 0 Å². The molecule has 0 atom stereocenters. The van der Waals surface area contributed by atoms with Crippen molar-refractivity contribution in [2.75, 3.05) is 11.9 Å². The third-order valence-corrected chi connectivity index (χ3v) is 4.31. The number of hydrogen-bond acceptors (Lipinski definition) is 3. The van der Waals surface area contributed by atoms with E-state index in [1.165, 1.54) is 12.4 Å². The van der Waals surface area contributed by atoms with Crippen molar-refractivity contribution >= 4 is 17.5 Å². The summed E-state index contributed by atoms with van der Waals surface area (Å²) in [6.45, 7) is 9.04. The normalized spacial score (nSPS) is 11.1. The Morgan fingerprint density at radius 3 is 2.33 bits per heavy atom. The number of benzene rings is 1. The molecule has 144 valence electrons. The van der Waals surface area contributed by atoms with Gasteiger partial charge in [0.05, 0.1) is 11.1 Å². The summed E-state index contributed by atoms with van der Waals surface area (Å²) < 4.78 is 0. The van der Waals surface area contributed by atoms with Crippen LogP contribution in [0.25, 0.3) is 0 Å². The maximum Gasteiger partial charge on any atom is 0.257 e. The lowest BCUT2D eigenvalue weighted by Gasteiger charge is -2.23. The van der Waals surface area contributed by atoms with Crippen LogP contribution >= 0.6 is 0 Å². The summed E-state index contributed by atoms with van der Waals surface area (Å²) >= 11 is 0. The number of para-hydroxylation sites is 1. The van der Waals surface area contributed by atoms with Crippen LogP contribution in [0.1, 0.15) is 73.2 Å². The largest absolute Gasteiger partial charge is 0.352 e. The standard InChI is InChI=1S/C22H29N3O2/c1-5-6-9-12-24-20(26)16-13-17(15-23-14-16)21(27)25-19-11-8-7-10-18(19)22(2,3)4/h7-8,10-11,13-15H,5-6,9,12H2,1-4H3,(H,24,26)(H,25,27). The second-order valence-corrected chi connectivity index (χ2v) is 7.68. The highest BCUT2D eigenvalue weighted by molar-refractivity contribution is 6.06. The van der Waals surface area contributed by atoms with E-state index in [0.717, 1.165) is 30.5 Å². The molecule has 0 fully saturated rings. The fourth-order valence-electron chi connectivity index (χ4n) is 2.81. The number of nitrogens with zero attached hydrogens (tertiary/aromatic N) is 1. The zero-order valence-corrected chi connectivity index (χ0v) is 16.6. The molecule has 0 aliphatic heterocycles. The van der Waals surface area contributed by atoms with Gasteiger partial charge in [0.1, 0.15) is 0 Å². The molecule has 0 aliphatic rings. The number of unbranched alkanes of at least 4 members (excludes halogenated alkanes) is 2. The first kappa shape index (κ1) is 20.6. The van der Waals surface area contributed by atoms with Crippen molar-refractivity contribution in [3.63, 3.8) is 0 Å². The predicted octanol–water partition coefficient (Wildman–Crippen LogP) is 4.55. The van der Waals surface area contributed by atoms with Gasteiger partial charge in [-0.3, -0.25) is 14.6 Å². The van der Waals surface area contributed by atoms with E-state index in [2.05, 4.69) is 43.3 Å². The first-order valence-electron chi connectivity index (χ1n) is 9.47. The molecular weight excluding hydrogens is 338 g/mol. The van der Waals surface area contributed by atoms with E-state index in [9.17, 15) is 9.59 Å². The van der Waals surface area contributed by atoms with Gasteiger partial charge in [0, 0.05) is 24.6 Å². The maximum atomic E-state index is 12.7. The minimum atomic E-state index is -0.278. The van der Waals surface area contributed by atoms with Crippen molar-refractivity contribution in [2.24, 2.45) is 0 Å². The molecular formula is C22H29N3O2. The van der Waals surface area contributed by atoms with E-state index < -0.39 is 0 Å². The van der Waals surface area contributed by atoms with Crippen LogP contribution < -0.4 is 10.6 Å². The molecule has 0 spiro atoms.